The van der Waals surface area contributed by atoms with Crippen LogP contribution in [0.2, 0.25) is 0 Å². The largest absolute Gasteiger partial charge is 0.462 e. The molecule has 0 radical (unpaired) electrons. The number of ether oxygens (including phenoxy) is 3. The van der Waals surface area contributed by atoms with Gasteiger partial charge in [0.1, 0.15) is 13.2 Å². The van der Waals surface area contributed by atoms with Crippen LogP contribution < -0.4 is 0 Å². The first-order valence-corrected chi connectivity index (χ1v) is 34.7. The molecule has 0 saturated heterocycles. The number of hydrogen-bond acceptors (Lipinski definition) is 6. The monoisotopic (exact) mass is 1150 g/mol. The van der Waals surface area contributed by atoms with E-state index in [4.69, 9.17) is 14.2 Å². The van der Waals surface area contributed by atoms with Crippen molar-refractivity contribution in [1.82, 2.24) is 0 Å². The van der Waals surface area contributed by atoms with Gasteiger partial charge in [0.2, 0.25) is 0 Å². The minimum atomic E-state index is -0.831. The van der Waals surface area contributed by atoms with Gasteiger partial charge in [0.05, 0.1) is 0 Å². The van der Waals surface area contributed by atoms with Crippen molar-refractivity contribution in [2.45, 2.75) is 322 Å². The van der Waals surface area contributed by atoms with Crippen LogP contribution in [0.5, 0.6) is 0 Å². The van der Waals surface area contributed by atoms with Crippen molar-refractivity contribution >= 4 is 17.9 Å². The Morgan fingerprint density at radius 2 is 0.494 bits per heavy atom. The van der Waals surface area contributed by atoms with Gasteiger partial charge in [-0.1, -0.05) is 302 Å². The van der Waals surface area contributed by atoms with Gasteiger partial charge in [0.15, 0.2) is 6.10 Å². The normalized spacial score (nSPS) is 13.0. The van der Waals surface area contributed by atoms with Gasteiger partial charge < -0.3 is 14.2 Å². The maximum Gasteiger partial charge on any atom is 0.306 e. The summed E-state index contributed by atoms with van der Waals surface area (Å²) in [5.74, 6) is -1.01. The van der Waals surface area contributed by atoms with Crippen LogP contribution in [0.4, 0.5) is 0 Å². The minimum absolute atomic E-state index is 0.115. The van der Waals surface area contributed by atoms with Crippen LogP contribution in [0.15, 0.2) is 134 Å². The Morgan fingerprint density at radius 1 is 0.253 bits per heavy atom. The zero-order valence-corrected chi connectivity index (χ0v) is 54.2. The van der Waals surface area contributed by atoms with Gasteiger partial charge in [0.25, 0.3) is 0 Å². The molecule has 0 bridgehead atoms. The molecule has 0 aromatic heterocycles. The van der Waals surface area contributed by atoms with E-state index in [1.165, 1.54) is 161 Å². The molecule has 0 rings (SSSR count). The van der Waals surface area contributed by atoms with Crippen molar-refractivity contribution in [2.75, 3.05) is 13.2 Å². The van der Waals surface area contributed by atoms with Crippen LogP contribution in [0.25, 0.3) is 0 Å². The summed E-state index contributed by atoms with van der Waals surface area (Å²) >= 11 is 0. The van der Waals surface area contributed by atoms with E-state index in [0.29, 0.717) is 19.3 Å². The van der Waals surface area contributed by atoms with E-state index in [1.54, 1.807) is 0 Å². The van der Waals surface area contributed by atoms with Gasteiger partial charge >= 0.3 is 17.9 Å². The topological polar surface area (TPSA) is 78.9 Å². The third-order valence-corrected chi connectivity index (χ3v) is 14.6. The quantitative estimate of drug-likeness (QED) is 0.0261. The maximum atomic E-state index is 12.9. The minimum Gasteiger partial charge on any atom is -0.462 e. The predicted molar refractivity (Wildman–Crippen MR) is 362 cm³/mol. The molecule has 1 unspecified atom stereocenters. The molecule has 1 atom stereocenters. The third kappa shape index (κ3) is 68.2. The Bertz CT molecular complexity index is 1750. The van der Waals surface area contributed by atoms with E-state index in [9.17, 15) is 14.4 Å². The molecule has 0 aliphatic rings. The van der Waals surface area contributed by atoms with Crippen LogP contribution in [0, 0.1) is 0 Å². The molecule has 0 aliphatic carbocycles. The summed E-state index contributed by atoms with van der Waals surface area (Å²) in [7, 11) is 0. The van der Waals surface area contributed by atoms with Crippen molar-refractivity contribution < 1.29 is 28.6 Å². The number of carbonyl (C=O) groups is 3. The molecule has 0 spiro atoms. The molecule has 0 heterocycles. The molecular formula is C77H128O6. The standard InChI is InChI=1S/C77H128O6/c1-4-7-10-13-16-19-22-25-28-31-34-35-36-37-38-39-40-41-44-46-49-52-55-58-61-64-67-70-76(79)82-73-74(83-77(80)71-68-65-62-59-56-53-50-47-43-33-30-27-24-21-18-15-12-9-6-3)72-81-75(78)69-66-63-60-57-54-51-48-45-42-32-29-26-23-20-17-14-11-8-5-2/h9,12,17-18,20-22,25-27,29-31,34,42-43,45,47,53,56,62,65,74H,4-8,10-11,13-16,19,23-24,28,32-33,35-41,44,46,48-52,54-55,57-61,63-64,66-73H2,1-3H3/b12-9-,20-17-,21-18-,25-22-,29-26-,30-27-,34-31-,45-42-,47-43-,56-53-,65-62-. The molecule has 0 aromatic rings. The highest BCUT2D eigenvalue weighted by molar-refractivity contribution is 5.71. The van der Waals surface area contributed by atoms with E-state index in [-0.39, 0.29) is 31.6 Å². The fourth-order valence-corrected chi connectivity index (χ4v) is 9.45. The summed E-state index contributed by atoms with van der Waals surface area (Å²) in [6, 6.07) is 0. The molecule has 0 fully saturated rings. The molecule has 0 aliphatic heterocycles. The third-order valence-electron chi connectivity index (χ3n) is 14.6. The summed E-state index contributed by atoms with van der Waals surface area (Å²) in [5.41, 5.74) is 0. The lowest BCUT2D eigenvalue weighted by atomic mass is 10.0. The summed E-state index contributed by atoms with van der Waals surface area (Å²) in [5, 5.41) is 0. The van der Waals surface area contributed by atoms with Crippen molar-refractivity contribution in [3.05, 3.63) is 134 Å². The summed E-state index contributed by atoms with van der Waals surface area (Å²) in [4.78, 5) is 38.4. The molecule has 472 valence electrons. The zero-order chi connectivity index (χ0) is 59.9. The maximum absolute atomic E-state index is 12.9. The average molecular weight is 1150 g/mol. The predicted octanol–water partition coefficient (Wildman–Crippen LogP) is 24.1. The van der Waals surface area contributed by atoms with Crippen molar-refractivity contribution in [3.63, 3.8) is 0 Å². The van der Waals surface area contributed by atoms with Crippen LogP contribution in [0.1, 0.15) is 316 Å². The average Bonchev–Trinajstić information content (AvgIpc) is 3.50. The number of hydrogen-bond donors (Lipinski definition) is 0. The van der Waals surface area contributed by atoms with E-state index < -0.39 is 12.1 Å². The summed E-state index contributed by atoms with van der Waals surface area (Å²) in [6.45, 7) is 6.44. The van der Waals surface area contributed by atoms with Gasteiger partial charge in [-0.15, -0.1) is 0 Å². The van der Waals surface area contributed by atoms with Crippen LogP contribution in [-0.4, -0.2) is 37.2 Å². The highest BCUT2D eigenvalue weighted by atomic mass is 16.6. The first-order chi connectivity index (χ1) is 41.0. The lowest BCUT2D eigenvalue weighted by molar-refractivity contribution is -0.166. The summed E-state index contributed by atoms with van der Waals surface area (Å²) in [6.07, 6.45) is 99.1. The van der Waals surface area contributed by atoms with Gasteiger partial charge in [0, 0.05) is 19.3 Å². The molecule has 0 N–H and O–H groups in total. The van der Waals surface area contributed by atoms with Gasteiger partial charge in [-0.2, -0.15) is 0 Å². The Labute approximate surface area is 513 Å². The molecule has 83 heavy (non-hydrogen) atoms. The Morgan fingerprint density at radius 3 is 0.807 bits per heavy atom. The van der Waals surface area contributed by atoms with Gasteiger partial charge in [-0.3, -0.25) is 14.4 Å². The number of carbonyl (C=O) groups excluding carboxylic acids is 3. The molecule has 0 saturated carbocycles. The highest BCUT2D eigenvalue weighted by Gasteiger charge is 2.19. The van der Waals surface area contributed by atoms with Crippen molar-refractivity contribution in [2.24, 2.45) is 0 Å². The van der Waals surface area contributed by atoms with E-state index in [2.05, 4.69) is 148 Å². The van der Waals surface area contributed by atoms with E-state index >= 15 is 0 Å². The molecule has 6 nitrogen and oxygen atoms in total. The number of allylic oxidation sites excluding steroid dienone is 22. The van der Waals surface area contributed by atoms with Crippen LogP contribution in [0.3, 0.4) is 0 Å². The number of rotatable bonds is 62. The van der Waals surface area contributed by atoms with Gasteiger partial charge in [-0.05, 0) is 128 Å². The fourth-order valence-electron chi connectivity index (χ4n) is 9.45. The smallest absolute Gasteiger partial charge is 0.306 e. The van der Waals surface area contributed by atoms with E-state index in [1.807, 2.05) is 6.08 Å². The highest BCUT2D eigenvalue weighted by Crippen LogP contribution is 2.16. The Kier molecular flexibility index (Phi) is 66.3. The lowest BCUT2D eigenvalue weighted by Crippen LogP contribution is -2.30. The SMILES string of the molecule is CC/C=C\C/C=C\C/C=C\C/C=C\C/C=C\C/C=C\CCC(=O)OC(COC(=O)CCCCCCCC/C=C\C/C=C\C/C=C\CCCCC)COC(=O)CCCCCCCCCCCCCCCCC/C=C\C/C=C\CCCCCCC. The first-order valence-electron chi connectivity index (χ1n) is 34.7. The van der Waals surface area contributed by atoms with Crippen LogP contribution in [-0.2, 0) is 28.6 Å². The summed E-state index contributed by atoms with van der Waals surface area (Å²) < 4.78 is 16.9. The molecule has 0 amide bonds. The van der Waals surface area contributed by atoms with Gasteiger partial charge in [-0.25, -0.2) is 0 Å². The second kappa shape index (κ2) is 70.0. The van der Waals surface area contributed by atoms with Crippen molar-refractivity contribution in [3.8, 4) is 0 Å². The molecule has 6 heteroatoms. The first kappa shape index (κ1) is 78.5. The molecule has 0 aromatic carbocycles. The molecular weight excluding hydrogens is 1020 g/mol. The lowest BCUT2D eigenvalue weighted by Gasteiger charge is -2.18. The second-order valence-electron chi connectivity index (χ2n) is 22.7. The number of unbranched alkanes of at least 4 members (excludes halogenated alkanes) is 29. The number of esters is 3. The van der Waals surface area contributed by atoms with E-state index in [0.717, 1.165) is 109 Å². The van der Waals surface area contributed by atoms with Crippen molar-refractivity contribution in [1.29, 1.82) is 0 Å². The fraction of sp³-hybridized carbons (Fsp3) is 0.675. The van der Waals surface area contributed by atoms with Crippen LogP contribution >= 0.6 is 0 Å². The Hall–Kier alpha value is -4.45. The second-order valence-corrected chi connectivity index (χ2v) is 22.7. The zero-order valence-electron chi connectivity index (χ0n) is 54.2. The Balaban J connectivity index is 4.44.